The standard InChI is InChI=1S/C26H25NO3/c28-22-13-5-11-20-25(22)24(26-21(27-20)12-6-14-23(26)29)18-9-4-10-19(15-18)30-16-17-7-2-1-3-8-17/h1-4,7-10,15,24,27H,5-6,11-14,16H2. The maximum absolute atomic E-state index is 12.9. The number of carbonyl (C=O) groups is 2. The minimum absolute atomic E-state index is 0.161. The van der Waals surface area contributed by atoms with Crippen molar-refractivity contribution in [3.05, 3.63) is 88.3 Å². The van der Waals surface area contributed by atoms with E-state index in [-0.39, 0.29) is 17.5 Å². The zero-order valence-electron chi connectivity index (χ0n) is 16.9. The zero-order chi connectivity index (χ0) is 20.5. The lowest BCUT2D eigenvalue weighted by molar-refractivity contribution is -0.116. The molecule has 0 fully saturated rings. The number of nitrogens with one attached hydrogen (secondary N) is 1. The summed E-state index contributed by atoms with van der Waals surface area (Å²) in [4.78, 5) is 25.9. The van der Waals surface area contributed by atoms with Crippen LogP contribution in [0.5, 0.6) is 5.75 Å². The second-order valence-corrected chi connectivity index (χ2v) is 8.24. The molecule has 0 atom stereocenters. The highest BCUT2D eigenvalue weighted by molar-refractivity contribution is 6.06. The van der Waals surface area contributed by atoms with Gasteiger partial charge in [-0.15, -0.1) is 0 Å². The minimum Gasteiger partial charge on any atom is -0.489 e. The summed E-state index contributed by atoms with van der Waals surface area (Å²) < 4.78 is 6.03. The summed E-state index contributed by atoms with van der Waals surface area (Å²) in [6.07, 6.45) is 4.58. The normalized spacial score (nSPS) is 19.3. The van der Waals surface area contributed by atoms with Crippen molar-refractivity contribution in [3.8, 4) is 5.75 Å². The van der Waals surface area contributed by atoms with E-state index in [0.717, 1.165) is 65.1 Å². The topological polar surface area (TPSA) is 55.4 Å². The first-order valence-corrected chi connectivity index (χ1v) is 10.8. The quantitative estimate of drug-likeness (QED) is 0.789. The molecule has 30 heavy (non-hydrogen) atoms. The maximum atomic E-state index is 12.9. The molecule has 5 rings (SSSR count). The summed E-state index contributed by atoms with van der Waals surface area (Å²) in [5.41, 5.74) is 5.67. The van der Waals surface area contributed by atoms with Crippen LogP contribution in [0.2, 0.25) is 0 Å². The van der Waals surface area contributed by atoms with Crippen molar-refractivity contribution >= 4 is 11.6 Å². The van der Waals surface area contributed by atoms with Gasteiger partial charge in [0.1, 0.15) is 12.4 Å². The van der Waals surface area contributed by atoms with Crippen LogP contribution in [-0.4, -0.2) is 11.6 Å². The molecule has 0 saturated heterocycles. The van der Waals surface area contributed by atoms with Crippen LogP contribution in [0.1, 0.15) is 55.6 Å². The Morgan fingerprint density at radius 2 is 1.47 bits per heavy atom. The van der Waals surface area contributed by atoms with Crippen LogP contribution < -0.4 is 10.1 Å². The average Bonchev–Trinajstić information content (AvgIpc) is 2.78. The van der Waals surface area contributed by atoms with Gasteiger partial charge in [-0.2, -0.15) is 0 Å². The minimum atomic E-state index is -0.280. The molecule has 4 heteroatoms. The van der Waals surface area contributed by atoms with Gasteiger partial charge >= 0.3 is 0 Å². The van der Waals surface area contributed by atoms with Crippen molar-refractivity contribution in [3.63, 3.8) is 0 Å². The second-order valence-electron chi connectivity index (χ2n) is 8.24. The highest BCUT2D eigenvalue weighted by atomic mass is 16.5. The number of dihydropyridines is 1. The molecule has 0 radical (unpaired) electrons. The van der Waals surface area contributed by atoms with Crippen LogP contribution in [-0.2, 0) is 16.2 Å². The first-order valence-electron chi connectivity index (χ1n) is 10.8. The maximum Gasteiger partial charge on any atom is 0.161 e. The summed E-state index contributed by atoms with van der Waals surface area (Å²) in [5, 5.41) is 3.47. The Hall–Kier alpha value is -3.14. The molecule has 1 N–H and O–H groups in total. The zero-order valence-corrected chi connectivity index (χ0v) is 16.9. The SMILES string of the molecule is O=C1CCCC2=C1C(c1cccc(OCc3ccccc3)c1)C1=C(CCCC1=O)N2. The largest absolute Gasteiger partial charge is 0.489 e. The third kappa shape index (κ3) is 3.47. The lowest BCUT2D eigenvalue weighted by atomic mass is 9.71. The van der Waals surface area contributed by atoms with Gasteiger partial charge in [-0.1, -0.05) is 42.5 Å². The van der Waals surface area contributed by atoms with Gasteiger partial charge in [0.25, 0.3) is 0 Å². The van der Waals surface area contributed by atoms with Crippen molar-refractivity contribution in [2.45, 2.75) is 51.0 Å². The van der Waals surface area contributed by atoms with Crippen molar-refractivity contribution in [1.82, 2.24) is 5.32 Å². The van der Waals surface area contributed by atoms with Crippen LogP contribution >= 0.6 is 0 Å². The van der Waals surface area contributed by atoms with Gasteiger partial charge in [-0.3, -0.25) is 9.59 Å². The fourth-order valence-electron chi connectivity index (χ4n) is 4.84. The first kappa shape index (κ1) is 18.9. The van der Waals surface area contributed by atoms with Gasteiger partial charge in [0.05, 0.1) is 0 Å². The molecule has 4 nitrogen and oxygen atoms in total. The smallest absolute Gasteiger partial charge is 0.161 e. The molecular weight excluding hydrogens is 374 g/mol. The number of hydrogen-bond acceptors (Lipinski definition) is 4. The monoisotopic (exact) mass is 399 g/mol. The predicted octanol–water partition coefficient (Wildman–Crippen LogP) is 4.97. The Labute approximate surface area is 176 Å². The molecule has 3 aliphatic rings. The van der Waals surface area contributed by atoms with E-state index in [0.29, 0.717) is 19.4 Å². The fraction of sp³-hybridized carbons (Fsp3) is 0.308. The Bertz CT molecular complexity index is 1020. The van der Waals surface area contributed by atoms with E-state index in [1.54, 1.807) is 0 Å². The lowest BCUT2D eigenvalue weighted by Gasteiger charge is -2.37. The molecule has 0 amide bonds. The molecule has 0 unspecified atom stereocenters. The molecule has 0 bridgehead atoms. The number of allylic oxidation sites excluding steroid dienone is 4. The van der Waals surface area contributed by atoms with E-state index >= 15 is 0 Å². The van der Waals surface area contributed by atoms with Crippen LogP contribution in [0.3, 0.4) is 0 Å². The molecule has 0 aromatic heterocycles. The number of rotatable bonds is 4. The van der Waals surface area contributed by atoms with Crippen LogP contribution in [0.4, 0.5) is 0 Å². The highest BCUT2D eigenvalue weighted by Crippen LogP contribution is 2.45. The summed E-state index contributed by atoms with van der Waals surface area (Å²) in [6.45, 7) is 0.482. The van der Waals surface area contributed by atoms with Crippen molar-refractivity contribution < 1.29 is 14.3 Å². The van der Waals surface area contributed by atoms with Crippen LogP contribution in [0.25, 0.3) is 0 Å². The van der Waals surface area contributed by atoms with Crippen LogP contribution in [0.15, 0.2) is 77.1 Å². The molecule has 1 heterocycles. The summed E-state index contributed by atoms with van der Waals surface area (Å²) in [7, 11) is 0. The number of hydrogen-bond donors (Lipinski definition) is 1. The third-order valence-electron chi connectivity index (χ3n) is 6.23. The predicted molar refractivity (Wildman–Crippen MR) is 115 cm³/mol. The number of ether oxygens (including phenoxy) is 1. The van der Waals surface area contributed by atoms with Gasteiger partial charge in [0.15, 0.2) is 11.6 Å². The fourth-order valence-corrected chi connectivity index (χ4v) is 4.84. The van der Waals surface area contributed by atoms with Gasteiger partial charge in [0.2, 0.25) is 0 Å². The average molecular weight is 399 g/mol. The summed E-state index contributed by atoms with van der Waals surface area (Å²) in [5.74, 6) is 0.798. The van der Waals surface area contributed by atoms with E-state index in [4.69, 9.17) is 4.74 Å². The molecule has 2 aromatic carbocycles. The molecule has 2 aromatic rings. The van der Waals surface area contributed by atoms with Crippen LogP contribution in [0, 0.1) is 0 Å². The summed E-state index contributed by atoms with van der Waals surface area (Å²) >= 11 is 0. The van der Waals surface area contributed by atoms with Gasteiger partial charge < -0.3 is 10.1 Å². The van der Waals surface area contributed by atoms with Crippen molar-refractivity contribution in [2.24, 2.45) is 0 Å². The molecule has 0 spiro atoms. The molecule has 0 saturated carbocycles. The van der Waals surface area contributed by atoms with E-state index in [9.17, 15) is 9.59 Å². The van der Waals surface area contributed by atoms with E-state index < -0.39 is 0 Å². The third-order valence-corrected chi connectivity index (χ3v) is 6.23. The lowest BCUT2D eigenvalue weighted by Crippen LogP contribution is -2.36. The number of ketones is 2. The van der Waals surface area contributed by atoms with E-state index in [1.165, 1.54) is 0 Å². The molecular formula is C26H25NO3. The Balaban J connectivity index is 1.52. The van der Waals surface area contributed by atoms with Crippen molar-refractivity contribution in [1.29, 1.82) is 0 Å². The number of benzene rings is 2. The van der Waals surface area contributed by atoms with Gasteiger partial charge in [0, 0.05) is 41.3 Å². The Morgan fingerprint density at radius 1 is 0.800 bits per heavy atom. The second kappa shape index (κ2) is 7.94. The molecule has 2 aliphatic carbocycles. The highest BCUT2D eigenvalue weighted by Gasteiger charge is 2.40. The van der Waals surface area contributed by atoms with Gasteiger partial charge in [-0.25, -0.2) is 0 Å². The Morgan fingerprint density at radius 3 is 2.13 bits per heavy atom. The molecule has 152 valence electrons. The first-order chi connectivity index (χ1) is 14.7. The van der Waals surface area contributed by atoms with E-state index in [2.05, 4.69) is 5.32 Å². The van der Waals surface area contributed by atoms with Gasteiger partial charge in [-0.05, 0) is 48.9 Å². The summed E-state index contributed by atoms with van der Waals surface area (Å²) in [6, 6.07) is 18.0. The Kier molecular flexibility index (Phi) is 4.99. The molecule has 1 aliphatic heterocycles. The van der Waals surface area contributed by atoms with E-state index in [1.807, 2.05) is 54.6 Å². The number of Topliss-reactive ketones (excluding diaryl/α,β-unsaturated/α-hetero) is 2. The number of carbonyl (C=O) groups excluding carboxylic acids is 2. The van der Waals surface area contributed by atoms with Crippen molar-refractivity contribution in [2.75, 3.05) is 0 Å².